The molecule has 0 spiro atoms. The number of piperidine rings is 1. The number of hydrogen-bond acceptors (Lipinski definition) is 3. The minimum atomic E-state index is -0.0362. The molecule has 1 saturated carbocycles. The van der Waals surface area contributed by atoms with Crippen molar-refractivity contribution >= 4 is 29.1 Å². The summed E-state index contributed by atoms with van der Waals surface area (Å²) >= 11 is 6.13. The second-order valence-corrected chi connectivity index (χ2v) is 8.36. The Labute approximate surface area is 166 Å². The Morgan fingerprint density at radius 2 is 1.81 bits per heavy atom. The van der Waals surface area contributed by atoms with Gasteiger partial charge in [-0.25, -0.2) is 0 Å². The van der Waals surface area contributed by atoms with E-state index in [1.54, 1.807) is 18.2 Å². The summed E-state index contributed by atoms with van der Waals surface area (Å²) in [6.45, 7) is 4.00. The quantitative estimate of drug-likeness (QED) is 0.795. The number of carbonyl (C=O) groups excluding carboxylic acids is 2. The maximum Gasteiger partial charge on any atom is 0.255 e. The number of nitrogens with one attached hydrogen (secondary N) is 2. The zero-order valence-electron chi connectivity index (χ0n) is 16.1. The molecule has 2 N–H and O–H groups in total. The van der Waals surface area contributed by atoms with E-state index in [-0.39, 0.29) is 24.4 Å². The van der Waals surface area contributed by atoms with Gasteiger partial charge in [-0.3, -0.25) is 9.59 Å². The normalized spacial score (nSPS) is 23.0. The van der Waals surface area contributed by atoms with Gasteiger partial charge in [0.2, 0.25) is 5.91 Å². The summed E-state index contributed by atoms with van der Waals surface area (Å²) in [5.41, 5.74) is 1.21. The first-order valence-electron chi connectivity index (χ1n) is 10.1. The summed E-state index contributed by atoms with van der Waals surface area (Å²) in [5.74, 6) is 0.729. The third-order valence-electron chi connectivity index (χ3n) is 5.68. The van der Waals surface area contributed by atoms with Gasteiger partial charge < -0.3 is 15.5 Å². The molecule has 1 aliphatic heterocycles. The average Bonchev–Trinajstić information content (AvgIpc) is 2.68. The van der Waals surface area contributed by atoms with Crippen LogP contribution in [0, 0.1) is 5.92 Å². The van der Waals surface area contributed by atoms with Crippen LogP contribution in [0.5, 0.6) is 0 Å². The summed E-state index contributed by atoms with van der Waals surface area (Å²) in [6.07, 6.45) is 7.69. The van der Waals surface area contributed by atoms with Gasteiger partial charge in [-0.1, -0.05) is 18.5 Å². The minimum Gasteiger partial charge on any atom is -0.375 e. The van der Waals surface area contributed by atoms with Crippen LogP contribution in [0.25, 0.3) is 0 Å². The van der Waals surface area contributed by atoms with Gasteiger partial charge in [-0.2, -0.15) is 0 Å². The number of rotatable bonds is 5. The fourth-order valence-corrected chi connectivity index (χ4v) is 4.15. The molecule has 6 heteroatoms. The van der Waals surface area contributed by atoms with Gasteiger partial charge in [0.25, 0.3) is 5.91 Å². The van der Waals surface area contributed by atoms with E-state index >= 15 is 0 Å². The number of likely N-dealkylation sites (tertiary alicyclic amines) is 1. The lowest BCUT2D eigenvalue weighted by Gasteiger charge is -2.28. The molecule has 1 aromatic rings. The molecule has 0 radical (unpaired) electrons. The fraction of sp³-hybridized carbons (Fsp3) is 0.619. The SMILES string of the molecule is CC1CCC(NC(=O)CNc2cc(Cl)ccc2C(=O)N2CCCCC2)CC1. The van der Waals surface area contributed by atoms with Crippen LogP contribution in [0.2, 0.25) is 5.02 Å². The number of nitrogens with zero attached hydrogens (tertiary/aromatic N) is 1. The molecule has 148 valence electrons. The highest BCUT2D eigenvalue weighted by atomic mass is 35.5. The highest BCUT2D eigenvalue weighted by molar-refractivity contribution is 6.31. The van der Waals surface area contributed by atoms with Gasteiger partial charge >= 0.3 is 0 Å². The van der Waals surface area contributed by atoms with Gasteiger partial charge in [0.05, 0.1) is 12.1 Å². The molecule has 2 amide bonds. The number of carbonyl (C=O) groups is 2. The summed E-state index contributed by atoms with van der Waals surface area (Å²) in [5, 5.41) is 6.79. The van der Waals surface area contributed by atoms with Crippen LogP contribution in [-0.4, -0.2) is 42.4 Å². The van der Waals surface area contributed by atoms with E-state index in [1.165, 1.54) is 19.3 Å². The summed E-state index contributed by atoms with van der Waals surface area (Å²) in [4.78, 5) is 27.1. The topological polar surface area (TPSA) is 61.4 Å². The molecule has 5 nitrogen and oxygen atoms in total. The zero-order chi connectivity index (χ0) is 19.2. The largest absolute Gasteiger partial charge is 0.375 e. The Bertz CT molecular complexity index is 665. The van der Waals surface area contributed by atoms with Gasteiger partial charge in [-0.15, -0.1) is 0 Å². The number of anilines is 1. The maximum atomic E-state index is 12.9. The van der Waals surface area contributed by atoms with Gasteiger partial charge in [0, 0.05) is 29.8 Å². The molecule has 0 aromatic heterocycles. The van der Waals surface area contributed by atoms with E-state index in [0.717, 1.165) is 44.7 Å². The summed E-state index contributed by atoms with van der Waals surface area (Å²) in [6, 6.07) is 5.48. The Morgan fingerprint density at radius 3 is 2.52 bits per heavy atom. The van der Waals surface area contributed by atoms with Crippen LogP contribution in [-0.2, 0) is 4.79 Å². The van der Waals surface area contributed by atoms with Gasteiger partial charge in [0.1, 0.15) is 0 Å². The van der Waals surface area contributed by atoms with Gasteiger partial charge in [0.15, 0.2) is 0 Å². The predicted molar refractivity (Wildman–Crippen MR) is 109 cm³/mol. The molecule has 0 bridgehead atoms. The lowest BCUT2D eigenvalue weighted by atomic mass is 9.87. The molecule has 1 heterocycles. The van der Waals surface area contributed by atoms with Crippen molar-refractivity contribution in [1.29, 1.82) is 0 Å². The zero-order valence-corrected chi connectivity index (χ0v) is 16.9. The van der Waals surface area contributed by atoms with E-state index < -0.39 is 0 Å². The second kappa shape index (κ2) is 9.45. The third kappa shape index (κ3) is 5.61. The Hall–Kier alpha value is -1.75. The van der Waals surface area contributed by atoms with Crippen molar-refractivity contribution in [3.05, 3.63) is 28.8 Å². The predicted octanol–water partition coefficient (Wildman–Crippen LogP) is 4.07. The molecule has 2 aliphatic rings. The monoisotopic (exact) mass is 391 g/mol. The molecule has 2 fully saturated rings. The van der Waals surface area contributed by atoms with Crippen molar-refractivity contribution in [3.8, 4) is 0 Å². The smallest absolute Gasteiger partial charge is 0.255 e. The third-order valence-corrected chi connectivity index (χ3v) is 5.91. The molecular formula is C21H30ClN3O2. The van der Waals surface area contributed by atoms with Crippen LogP contribution in [0.1, 0.15) is 62.2 Å². The number of benzene rings is 1. The highest BCUT2D eigenvalue weighted by Crippen LogP contribution is 2.25. The molecule has 3 rings (SSSR count). The van der Waals surface area contributed by atoms with E-state index in [0.29, 0.717) is 16.3 Å². The molecule has 1 aromatic carbocycles. The number of amides is 2. The lowest BCUT2D eigenvalue weighted by Crippen LogP contribution is -2.40. The van der Waals surface area contributed by atoms with E-state index in [9.17, 15) is 9.59 Å². The molecule has 0 unspecified atom stereocenters. The van der Waals surface area contributed by atoms with E-state index in [2.05, 4.69) is 17.6 Å². The number of halogens is 1. The van der Waals surface area contributed by atoms with Crippen molar-refractivity contribution in [3.63, 3.8) is 0 Å². The van der Waals surface area contributed by atoms with Crippen molar-refractivity contribution in [2.75, 3.05) is 25.0 Å². The second-order valence-electron chi connectivity index (χ2n) is 7.92. The highest BCUT2D eigenvalue weighted by Gasteiger charge is 2.22. The van der Waals surface area contributed by atoms with Crippen molar-refractivity contribution in [2.24, 2.45) is 5.92 Å². The first-order valence-corrected chi connectivity index (χ1v) is 10.5. The summed E-state index contributed by atoms with van der Waals surface area (Å²) in [7, 11) is 0. The van der Waals surface area contributed by atoms with Crippen molar-refractivity contribution < 1.29 is 9.59 Å². The van der Waals surface area contributed by atoms with Crippen LogP contribution in [0.3, 0.4) is 0 Å². The first kappa shape index (κ1) is 20.0. The van der Waals surface area contributed by atoms with Crippen LogP contribution in [0.4, 0.5) is 5.69 Å². The first-order chi connectivity index (χ1) is 13.0. The number of hydrogen-bond donors (Lipinski definition) is 2. The maximum absolute atomic E-state index is 12.9. The molecule has 0 atom stereocenters. The van der Waals surface area contributed by atoms with E-state index in [4.69, 9.17) is 11.6 Å². The van der Waals surface area contributed by atoms with E-state index in [1.807, 2.05) is 4.90 Å². The fourth-order valence-electron chi connectivity index (χ4n) is 3.98. The molecule has 1 saturated heterocycles. The standard InChI is InChI=1S/C21H30ClN3O2/c1-15-5-8-17(9-6-15)24-20(26)14-23-19-13-16(22)7-10-18(19)21(27)25-11-3-2-4-12-25/h7,10,13,15,17,23H,2-6,8-9,11-12,14H2,1H3,(H,24,26). The summed E-state index contributed by atoms with van der Waals surface area (Å²) < 4.78 is 0. The van der Waals surface area contributed by atoms with Crippen LogP contribution >= 0.6 is 11.6 Å². The van der Waals surface area contributed by atoms with Gasteiger partial charge in [-0.05, 0) is 69.1 Å². The average molecular weight is 392 g/mol. The molecule has 27 heavy (non-hydrogen) atoms. The van der Waals surface area contributed by atoms with Crippen LogP contribution < -0.4 is 10.6 Å². The Kier molecular flexibility index (Phi) is 7.00. The van der Waals surface area contributed by atoms with Crippen LogP contribution in [0.15, 0.2) is 18.2 Å². The molecular weight excluding hydrogens is 362 g/mol. The lowest BCUT2D eigenvalue weighted by molar-refractivity contribution is -0.120. The Balaban J connectivity index is 1.59. The molecule has 1 aliphatic carbocycles. The minimum absolute atomic E-state index is 0.00976. The van der Waals surface area contributed by atoms with Crippen molar-refractivity contribution in [1.82, 2.24) is 10.2 Å². The van der Waals surface area contributed by atoms with Crippen molar-refractivity contribution in [2.45, 2.75) is 57.9 Å². The Morgan fingerprint density at radius 1 is 1.11 bits per heavy atom.